The lowest BCUT2D eigenvalue weighted by Crippen LogP contribution is -2.57. The number of rotatable bonds is 2. The first-order chi connectivity index (χ1) is 6.46. The zero-order valence-electron chi connectivity index (χ0n) is 9.67. The molecule has 1 fully saturated rings. The van der Waals surface area contributed by atoms with E-state index in [4.69, 9.17) is 5.26 Å². The Balaban J connectivity index is 2.61. The lowest BCUT2D eigenvalue weighted by molar-refractivity contribution is 0.0876. The minimum absolute atomic E-state index is 0.236. The van der Waals surface area contributed by atoms with Gasteiger partial charge in [0.2, 0.25) is 0 Å². The summed E-state index contributed by atoms with van der Waals surface area (Å²) in [7, 11) is 0. The summed E-state index contributed by atoms with van der Waals surface area (Å²) < 4.78 is 0. The maximum absolute atomic E-state index is 9.00. The third kappa shape index (κ3) is 2.70. The number of hydrogen-bond donors (Lipinski definition) is 1. The van der Waals surface area contributed by atoms with Gasteiger partial charge in [-0.1, -0.05) is 0 Å². The lowest BCUT2D eigenvalue weighted by Gasteiger charge is -2.41. The molecule has 2 unspecified atom stereocenters. The van der Waals surface area contributed by atoms with Gasteiger partial charge >= 0.3 is 0 Å². The monoisotopic (exact) mass is 195 g/mol. The second-order valence-corrected chi connectivity index (χ2v) is 5.02. The number of nitriles is 1. The molecule has 1 rings (SSSR count). The van der Waals surface area contributed by atoms with Gasteiger partial charge in [0.1, 0.15) is 0 Å². The molecule has 3 heteroatoms. The van der Waals surface area contributed by atoms with Crippen molar-refractivity contribution in [1.82, 2.24) is 10.2 Å². The van der Waals surface area contributed by atoms with E-state index in [1.165, 1.54) is 0 Å². The number of hydrogen-bond acceptors (Lipinski definition) is 3. The average Bonchev–Trinajstić information content (AvgIpc) is 2.12. The van der Waals surface area contributed by atoms with Crippen molar-refractivity contribution >= 4 is 0 Å². The van der Waals surface area contributed by atoms with Crippen LogP contribution in [-0.2, 0) is 0 Å². The Morgan fingerprint density at radius 3 is 2.29 bits per heavy atom. The van der Waals surface area contributed by atoms with Crippen LogP contribution in [0.1, 0.15) is 27.7 Å². The third-order valence-electron chi connectivity index (χ3n) is 2.89. The van der Waals surface area contributed by atoms with Crippen LogP contribution in [-0.4, -0.2) is 36.6 Å². The Morgan fingerprint density at radius 1 is 1.36 bits per heavy atom. The fraction of sp³-hybridized carbons (Fsp3) is 0.909. The van der Waals surface area contributed by atoms with Crippen molar-refractivity contribution in [3.63, 3.8) is 0 Å². The van der Waals surface area contributed by atoms with Crippen LogP contribution in [0.15, 0.2) is 0 Å². The zero-order chi connectivity index (χ0) is 10.8. The van der Waals surface area contributed by atoms with Gasteiger partial charge in [0.25, 0.3) is 0 Å². The van der Waals surface area contributed by atoms with E-state index in [1.807, 2.05) is 13.8 Å². The summed E-state index contributed by atoms with van der Waals surface area (Å²) in [6.07, 6.45) is 0. The van der Waals surface area contributed by atoms with Gasteiger partial charge in [0.15, 0.2) is 0 Å². The van der Waals surface area contributed by atoms with Gasteiger partial charge in [-0.15, -0.1) is 0 Å². The molecule has 0 saturated carbocycles. The van der Waals surface area contributed by atoms with E-state index in [-0.39, 0.29) is 5.41 Å². The van der Waals surface area contributed by atoms with Crippen molar-refractivity contribution in [2.75, 3.05) is 19.6 Å². The molecule has 1 aliphatic heterocycles. The molecule has 2 atom stereocenters. The van der Waals surface area contributed by atoms with Gasteiger partial charge < -0.3 is 5.32 Å². The van der Waals surface area contributed by atoms with Crippen molar-refractivity contribution in [2.45, 2.75) is 39.8 Å². The third-order valence-corrected chi connectivity index (χ3v) is 2.89. The van der Waals surface area contributed by atoms with Gasteiger partial charge in [-0.3, -0.25) is 4.90 Å². The summed E-state index contributed by atoms with van der Waals surface area (Å²) in [6.45, 7) is 11.4. The van der Waals surface area contributed by atoms with Gasteiger partial charge in [-0.2, -0.15) is 5.26 Å². The molecule has 0 radical (unpaired) electrons. The molecule has 1 aliphatic rings. The van der Waals surface area contributed by atoms with Crippen molar-refractivity contribution in [2.24, 2.45) is 5.41 Å². The highest BCUT2D eigenvalue weighted by Crippen LogP contribution is 2.20. The molecule has 0 aromatic rings. The Kier molecular flexibility index (Phi) is 3.52. The number of nitrogens with zero attached hydrogens (tertiary/aromatic N) is 2. The molecule has 1 N–H and O–H groups in total. The van der Waals surface area contributed by atoms with Gasteiger partial charge in [-0.25, -0.2) is 0 Å². The van der Waals surface area contributed by atoms with Crippen LogP contribution in [0.4, 0.5) is 0 Å². The Bertz CT molecular complexity index is 219. The molecular formula is C11H21N3. The van der Waals surface area contributed by atoms with E-state index >= 15 is 0 Å². The first-order valence-electron chi connectivity index (χ1n) is 5.34. The highest BCUT2D eigenvalue weighted by molar-refractivity contribution is 4.97. The smallest absolute Gasteiger partial charge is 0.0697 e. The second kappa shape index (κ2) is 4.29. The molecule has 80 valence electrons. The van der Waals surface area contributed by atoms with Crippen molar-refractivity contribution in [3.8, 4) is 6.07 Å². The quantitative estimate of drug-likeness (QED) is 0.720. The van der Waals surface area contributed by atoms with Crippen molar-refractivity contribution in [1.29, 1.82) is 5.26 Å². The van der Waals surface area contributed by atoms with Crippen LogP contribution in [0, 0.1) is 16.7 Å². The molecule has 0 aromatic carbocycles. The van der Waals surface area contributed by atoms with E-state index in [1.54, 1.807) is 0 Å². The number of piperazine rings is 1. The minimum Gasteiger partial charge on any atom is -0.314 e. The van der Waals surface area contributed by atoms with Gasteiger partial charge in [0, 0.05) is 31.7 Å². The van der Waals surface area contributed by atoms with Crippen LogP contribution in [0.5, 0.6) is 0 Å². The maximum atomic E-state index is 9.00. The molecule has 0 aromatic heterocycles. The summed E-state index contributed by atoms with van der Waals surface area (Å²) in [5, 5.41) is 12.4. The fourth-order valence-electron chi connectivity index (χ4n) is 1.97. The molecule has 0 aliphatic carbocycles. The van der Waals surface area contributed by atoms with Crippen LogP contribution >= 0.6 is 0 Å². The van der Waals surface area contributed by atoms with Crippen LogP contribution < -0.4 is 5.32 Å². The van der Waals surface area contributed by atoms with Gasteiger partial charge in [0.05, 0.1) is 11.5 Å². The Labute approximate surface area is 87.1 Å². The fourth-order valence-corrected chi connectivity index (χ4v) is 1.97. The molecular weight excluding hydrogens is 174 g/mol. The predicted molar refractivity (Wildman–Crippen MR) is 57.9 cm³/mol. The van der Waals surface area contributed by atoms with E-state index < -0.39 is 0 Å². The van der Waals surface area contributed by atoms with Gasteiger partial charge in [-0.05, 0) is 27.7 Å². The average molecular weight is 195 g/mol. The minimum atomic E-state index is -0.236. The lowest BCUT2D eigenvalue weighted by atomic mass is 9.93. The molecule has 0 bridgehead atoms. The highest BCUT2D eigenvalue weighted by Gasteiger charge is 2.29. The molecule has 0 amide bonds. The van der Waals surface area contributed by atoms with Crippen LogP contribution in [0.25, 0.3) is 0 Å². The molecule has 1 saturated heterocycles. The second-order valence-electron chi connectivity index (χ2n) is 5.02. The first-order valence-corrected chi connectivity index (χ1v) is 5.34. The van der Waals surface area contributed by atoms with Crippen LogP contribution in [0.3, 0.4) is 0 Å². The SMILES string of the molecule is CC1CNCC(C)N1CC(C)(C)C#N. The Morgan fingerprint density at radius 2 is 1.86 bits per heavy atom. The molecule has 0 spiro atoms. The standard InChI is InChI=1S/C11H21N3/c1-9-5-13-6-10(2)14(9)8-11(3,4)7-12/h9-10,13H,5-6,8H2,1-4H3. The normalized spacial score (nSPS) is 29.9. The number of nitrogens with one attached hydrogen (secondary N) is 1. The zero-order valence-corrected chi connectivity index (χ0v) is 9.67. The molecule has 1 heterocycles. The van der Waals surface area contributed by atoms with E-state index in [2.05, 4.69) is 30.1 Å². The largest absolute Gasteiger partial charge is 0.314 e. The summed E-state index contributed by atoms with van der Waals surface area (Å²) >= 11 is 0. The maximum Gasteiger partial charge on any atom is 0.0697 e. The summed E-state index contributed by atoms with van der Waals surface area (Å²) in [4.78, 5) is 2.43. The van der Waals surface area contributed by atoms with E-state index in [0.29, 0.717) is 12.1 Å². The predicted octanol–water partition coefficient (Wildman–Crippen LogP) is 1.22. The van der Waals surface area contributed by atoms with Crippen molar-refractivity contribution in [3.05, 3.63) is 0 Å². The first kappa shape index (κ1) is 11.5. The summed E-state index contributed by atoms with van der Waals surface area (Å²) in [5.74, 6) is 0. The topological polar surface area (TPSA) is 39.1 Å². The van der Waals surface area contributed by atoms with Crippen LogP contribution in [0.2, 0.25) is 0 Å². The van der Waals surface area contributed by atoms with E-state index in [0.717, 1.165) is 19.6 Å². The Hall–Kier alpha value is -0.590. The molecule has 14 heavy (non-hydrogen) atoms. The highest BCUT2D eigenvalue weighted by atomic mass is 15.2. The van der Waals surface area contributed by atoms with E-state index in [9.17, 15) is 0 Å². The molecule has 3 nitrogen and oxygen atoms in total. The summed E-state index contributed by atoms with van der Waals surface area (Å²) in [6, 6.07) is 3.44. The summed E-state index contributed by atoms with van der Waals surface area (Å²) in [5.41, 5.74) is -0.236. The van der Waals surface area contributed by atoms with Crippen molar-refractivity contribution < 1.29 is 0 Å².